The second kappa shape index (κ2) is 7.96. The number of anilines is 1. The van der Waals surface area contributed by atoms with E-state index in [4.69, 9.17) is 0 Å². The maximum Gasteiger partial charge on any atom is 0.272 e. The van der Waals surface area contributed by atoms with Crippen molar-refractivity contribution in [2.24, 2.45) is 5.92 Å². The summed E-state index contributed by atoms with van der Waals surface area (Å²) >= 11 is 0. The number of nitrogens with zero attached hydrogens (tertiary/aromatic N) is 4. The summed E-state index contributed by atoms with van der Waals surface area (Å²) in [6.45, 7) is 7.29. The third-order valence-electron chi connectivity index (χ3n) is 6.14. The van der Waals surface area contributed by atoms with Crippen LogP contribution in [0.3, 0.4) is 0 Å². The van der Waals surface area contributed by atoms with Crippen molar-refractivity contribution < 1.29 is 13.6 Å². The molecule has 6 nitrogen and oxygen atoms in total. The van der Waals surface area contributed by atoms with E-state index in [1.165, 1.54) is 4.68 Å². The Morgan fingerprint density at radius 1 is 1.30 bits per heavy atom. The molecule has 3 atom stereocenters. The van der Waals surface area contributed by atoms with Crippen LogP contribution in [-0.4, -0.2) is 51.1 Å². The topological polar surface area (TPSA) is 63.1 Å². The first kappa shape index (κ1) is 20.8. The van der Waals surface area contributed by atoms with E-state index in [2.05, 4.69) is 15.4 Å². The van der Waals surface area contributed by atoms with Gasteiger partial charge < -0.3 is 10.2 Å². The molecule has 162 valence electrons. The second-order valence-electron chi connectivity index (χ2n) is 9.37. The molecule has 1 N–H and O–H groups in total. The third kappa shape index (κ3) is 4.04. The maximum absolute atomic E-state index is 13.9. The summed E-state index contributed by atoms with van der Waals surface area (Å²) in [4.78, 5) is 18.8. The van der Waals surface area contributed by atoms with Gasteiger partial charge in [-0.1, -0.05) is 26.8 Å². The highest BCUT2D eigenvalue weighted by molar-refractivity contribution is 5.92. The maximum atomic E-state index is 13.9. The van der Waals surface area contributed by atoms with Crippen LogP contribution in [0, 0.1) is 5.92 Å². The Kier molecular flexibility index (Phi) is 5.51. The highest BCUT2D eigenvalue weighted by Crippen LogP contribution is 2.38. The number of carbonyl (C=O) groups is 1. The molecule has 8 heteroatoms. The van der Waals surface area contributed by atoms with E-state index in [0.717, 1.165) is 18.5 Å². The fraction of sp³-hybridized carbons (Fsp3) is 0.591. The molecule has 0 aliphatic carbocycles. The third-order valence-corrected chi connectivity index (χ3v) is 6.14. The molecular weight excluding hydrogens is 388 g/mol. The number of likely N-dealkylation sites (tertiary alicyclic amines) is 1. The number of nitrogens with one attached hydrogen (secondary N) is 1. The standard InChI is InChI=1S/C22H29F2N5O/c1-22(2,3)18-12-19-26-16(11-17(20(23)24)29(19)27-18)14-7-6-10-28(13-14)21(30)15-8-4-5-9-25-15/h4-5,8-9,12,14,16-17,20,26H,6-7,10-11,13H2,1-3H3/t14-,16+,17-/m1/s1. The first-order valence-corrected chi connectivity index (χ1v) is 10.6. The molecule has 0 unspecified atom stereocenters. The van der Waals surface area contributed by atoms with E-state index in [-0.39, 0.29) is 23.3 Å². The predicted molar refractivity (Wildman–Crippen MR) is 111 cm³/mol. The number of pyridine rings is 1. The van der Waals surface area contributed by atoms with Crippen LogP contribution in [0.25, 0.3) is 0 Å². The van der Waals surface area contributed by atoms with Crippen molar-refractivity contribution in [3.63, 3.8) is 0 Å². The van der Waals surface area contributed by atoms with Crippen LogP contribution in [0.1, 0.15) is 62.3 Å². The number of halogens is 2. The van der Waals surface area contributed by atoms with Gasteiger partial charge in [0.1, 0.15) is 17.6 Å². The van der Waals surface area contributed by atoms with E-state index in [1.54, 1.807) is 24.4 Å². The lowest BCUT2D eigenvalue weighted by atomic mass is 9.85. The lowest BCUT2D eigenvalue weighted by Crippen LogP contribution is -2.48. The second-order valence-corrected chi connectivity index (χ2v) is 9.37. The Labute approximate surface area is 175 Å². The van der Waals surface area contributed by atoms with Crippen LogP contribution < -0.4 is 5.32 Å². The van der Waals surface area contributed by atoms with Gasteiger partial charge in [-0.25, -0.2) is 13.5 Å². The molecule has 4 rings (SSSR count). The number of amides is 1. The van der Waals surface area contributed by atoms with E-state index >= 15 is 0 Å². The normalized spacial score (nSPS) is 24.5. The molecule has 2 aliphatic heterocycles. The molecule has 2 aromatic rings. The fourth-order valence-electron chi connectivity index (χ4n) is 4.42. The highest BCUT2D eigenvalue weighted by Gasteiger charge is 2.39. The molecule has 4 heterocycles. The van der Waals surface area contributed by atoms with Crippen LogP contribution in [0.5, 0.6) is 0 Å². The number of carbonyl (C=O) groups excluding carboxylic acids is 1. The van der Waals surface area contributed by atoms with Crippen molar-refractivity contribution in [2.75, 3.05) is 18.4 Å². The van der Waals surface area contributed by atoms with Gasteiger partial charge in [-0.05, 0) is 37.3 Å². The van der Waals surface area contributed by atoms with E-state index in [1.807, 2.05) is 31.7 Å². The molecular formula is C22H29F2N5O. The lowest BCUT2D eigenvalue weighted by molar-refractivity contribution is 0.0502. The minimum Gasteiger partial charge on any atom is -0.367 e. The van der Waals surface area contributed by atoms with Crippen LogP contribution in [-0.2, 0) is 5.41 Å². The van der Waals surface area contributed by atoms with Gasteiger partial charge in [0.05, 0.1) is 5.69 Å². The monoisotopic (exact) mass is 417 g/mol. The zero-order chi connectivity index (χ0) is 21.5. The van der Waals surface area contributed by atoms with Gasteiger partial charge in [-0.15, -0.1) is 0 Å². The van der Waals surface area contributed by atoms with Crippen LogP contribution in [0.4, 0.5) is 14.6 Å². The van der Waals surface area contributed by atoms with E-state index in [9.17, 15) is 13.6 Å². The summed E-state index contributed by atoms with van der Waals surface area (Å²) in [5, 5.41) is 7.95. The van der Waals surface area contributed by atoms with Crippen molar-refractivity contribution in [1.82, 2.24) is 19.7 Å². The minimum absolute atomic E-state index is 0.0958. The van der Waals surface area contributed by atoms with Crippen LogP contribution in [0.15, 0.2) is 30.5 Å². The number of rotatable bonds is 3. The highest BCUT2D eigenvalue weighted by atomic mass is 19.3. The average Bonchev–Trinajstić information content (AvgIpc) is 3.18. The fourth-order valence-corrected chi connectivity index (χ4v) is 4.42. The summed E-state index contributed by atoms with van der Waals surface area (Å²) in [6, 6.07) is 6.10. The van der Waals surface area contributed by atoms with Gasteiger partial charge in [0.2, 0.25) is 0 Å². The molecule has 1 saturated heterocycles. The smallest absolute Gasteiger partial charge is 0.272 e. The van der Waals surface area contributed by atoms with Crippen molar-refractivity contribution >= 4 is 11.7 Å². The quantitative estimate of drug-likeness (QED) is 0.816. The van der Waals surface area contributed by atoms with Gasteiger partial charge in [0.15, 0.2) is 0 Å². The van der Waals surface area contributed by atoms with Crippen molar-refractivity contribution in [3.8, 4) is 0 Å². The largest absolute Gasteiger partial charge is 0.367 e. The lowest BCUT2D eigenvalue weighted by Gasteiger charge is -2.41. The van der Waals surface area contributed by atoms with Gasteiger partial charge in [-0.3, -0.25) is 9.78 Å². The summed E-state index contributed by atoms with van der Waals surface area (Å²) in [5.74, 6) is 0.658. The molecule has 2 aromatic heterocycles. The zero-order valence-corrected chi connectivity index (χ0v) is 17.7. The SMILES string of the molecule is CC(C)(C)c1cc2n(n1)[C@@H](C(F)F)C[C@@H]([C@@H]1CCCN(C(=O)c3ccccn3)C1)N2. The molecule has 0 aromatic carbocycles. The number of fused-ring (bicyclic) bond motifs is 1. The van der Waals surface area contributed by atoms with Crippen molar-refractivity contribution in [2.45, 2.75) is 64.0 Å². The zero-order valence-electron chi connectivity index (χ0n) is 17.7. The molecule has 0 radical (unpaired) electrons. The van der Waals surface area contributed by atoms with Gasteiger partial charge in [0, 0.05) is 36.8 Å². The molecule has 0 saturated carbocycles. The first-order chi connectivity index (χ1) is 14.2. The summed E-state index contributed by atoms with van der Waals surface area (Å²) in [7, 11) is 0. The summed E-state index contributed by atoms with van der Waals surface area (Å²) in [5.41, 5.74) is 1.00. The van der Waals surface area contributed by atoms with Crippen LogP contribution in [0.2, 0.25) is 0 Å². The van der Waals surface area contributed by atoms with Gasteiger partial charge in [0.25, 0.3) is 12.3 Å². The molecule has 2 aliphatic rings. The molecule has 30 heavy (non-hydrogen) atoms. The van der Waals surface area contributed by atoms with Crippen molar-refractivity contribution in [1.29, 1.82) is 0 Å². The summed E-state index contributed by atoms with van der Waals surface area (Å²) in [6.07, 6.45) is 1.17. The Balaban J connectivity index is 1.54. The number of aromatic nitrogens is 3. The number of alkyl halides is 2. The Morgan fingerprint density at radius 2 is 2.10 bits per heavy atom. The van der Waals surface area contributed by atoms with Crippen LogP contribution >= 0.6 is 0 Å². The Hall–Kier alpha value is -2.51. The van der Waals surface area contributed by atoms with E-state index in [0.29, 0.717) is 31.0 Å². The van der Waals surface area contributed by atoms with E-state index < -0.39 is 12.5 Å². The Bertz CT molecular complexity index is 893. The van der Waals surface area contributed by atoms with Crippen molar-refractivity contribution in [3.05, 3.63) is 41.9 Å². The van der Waals surface area contributed by atoms with Gasteiger partial charge in [-0.2, -0.15) is 5.10 Å². The Morgan fingerprint density at radius 3 is 2.77 bits per heavy atom. The number of hydrogen-bond donors (Lipinski definition) is 1. The van der Waals surface area contributed by atoms with Gasteiger partial charge >= 0.3 is 0 Å². The molecule has 0 bridgehead atoms. The minimum atomic E-state index is -2.49. The number of piperidine rings is 1. The molecule has 1 amide bonds. The predicted octanol–water partition coefficient (Wildman–Crippen LogP) is 4.12. The number of hydrogen-bond acceptors (Lipinski definition) is 4. The molecule has 0 spiro atoms. The first-order valence-electron chi connectivity index (χ1n) is 10.6. The average molecular weight is 418 g/mol. The molecule has 1 fully saturated rings. The summed E-state index contributed by atoms with van der Waals surface area (Å²) < 4.78 is 29.3.